The molecule has 4 heterocycles. The van der Waals surface area contributed by atoms with Crippen LogP contribution in [0, 0.1) is 0 Å². The lowest BCUT2D eigenvalue weighted by Gasteiger charge is -2.16. The van der Waals surface area contributed by atoms with Crippen LogP contribution in [-0.2, 0) is 0 Å². The van der Waals surface area contributed by atoms with E-state index < -0.39 is 0 Å². The molecule has 346 valence electrons. The Balaban J connectivity index is 1.51. The Morgan fingerprint density at radius 3 is 0.576 bits per heavy atom. The molecule has 0 amide bonds. The minimum Gasteiger partial charge on any atom is -0.118 e. The zero-order chi connectivity index (χ0) is 45.9. The van der Waals surface area contributed by atoms with Gasteiger partial charge in [0.05, 0.1) is 50.8 Å². The molecule has 0 unspecified atom stereocenters. The molecule has 0 atom stereocenters. The maximum atomic E-state index is 2.68. The Hall–Kier alpha value is 1.18. The summed E-state index contributed by atoms with van der Waals surface area (Å²) < 4.78 is 17.4. The maximum Gasteiger partial charge on any atom is 0.0660 e. The van der Waals surface area contributed by atoms with Gasteiger partial charge in [-0.25, -0.2) is 0 Å². The van der Waals surface area contributed by atoms with Crippen molar-refractivity contribution < 1.29 is 0 Å². The first-order valence-electron chi connectivity index (χ1n) is 22.2. The summed E-state index contributed by atoms with van der Waals surface area (Å²) in [5.74, 6) is 8.58. The highest BCUT2D eigenvalue weighted by atomic mass is 32.3. The molecule has 0 N–H and O–H groups in total. The molecule has 16 heteroatoms. The molecule has 0 saturated heterocycles. The molecule has 0 saturated carbocycles. The van der Waals surface area contributed by atoms with Crippen molar-refractivity contribution in [2.75, 3.05) is 46.0 Å². The van der Waals surface area contributed by atoms with Gasteiger partial charge < -0.3 is 0 Å². The molecule has 66 heavy (non-hydrogen) atoms. The summed E-state index contributed by atoms with van der Waals surface area (Å²) in [4.78, 5) is 0. The van der Waals surface area contributed by atoms with Gasteiger partial charge in [-0.3, -0.25) is 0 Å². The number of benzene rings is 5. The molecule has 0 bridgehead atoms. The predicted molar refractivity (Wildman–Crippen MR) is 342 cm³/mol. The van der Waals surface area contributed by atoms with Gasteiger partial charge in [0.15, 0.2) is 0 Å². The van der Waals surface area contributed by atoms with Crippen molar-refractivity contribution in [1.29, 1.82) is 0 Å². The summed E-state index contributed by atoms with van der Waals surface area (Å²) in [6.45, 7) is 18.4. The van der Waals surface area contributed by atoms with Crippen molar-refractivity contribution in [2.45, 2.75) is 55.4 Å². The summed E-state index contributed by atoms with van der Waals surface area (Å²) in [6.07, 6.45) is 0. The highest BCUT2D eigenvalue weighted by Gasteiger charge is 2.30. The third-order valence-corrected chi connectivity index (χ3v) is 31.5. The average Bonchev–Trinajstić information content (AvgIpc) is 4.11. The number of hydrogen-bond acceptors (Lipinski definition) is 16. The van der Waals surface area contributed by atoms with Gasteiger partial charge in [0.1, 0.15) is 0 Å². The van der Waals surface area contributed by atoms with Crippen LogP contribution in [0.5, 0.6) is 0 Å². The van der Waals surface area contributed by atoms with Crippen LogP contribution in [-0.4, -0.2) is 46.0 Å². The van der Waals surface area contributed by atoms with Gasteiger partial charge in [0.2, 0.25) is 0 Å². The maximum absolute atomic E-state index is 2.68. The lowest BCUT2D eigenvalue weighted by atomic mass is 9.92. The monoisotopic (exact) mass is 1160 g/mol. The fraction of sp³-hybridized carbons (Fsp3) is 0.320. The Labute approximate surface area is 459 Å². The second-order valence-corrected chi connectivity index (χ2v) is 35.7. The molecule has 4 aliphatic rings. The minimum atomic E-state index is 1.07. The van der Waals surface area contributed by atoms with E-state index in [9.17, 15) is 0 Å². The van der Waals surface area contributed by atoms with E-state index in [-0.39, 0.29) is 0 Å². The van der Waals surface area contributed by atoms with E-state index in [1.54, 1.807) is 0 Å². The van der Waals surface area contributed by atoms with Gasteiger partial charge >= 0.3 is 0 Å². The summed E-state index contributed by atoms with van der Waals surface area (Å²) in [5, 5.41) is 16.5. The van der Waals surface area contributed by atoms with Crippen LogP contribution < -0.4 is 20.9 Å². The van der Waals surface area contributed by atoms with E-state index in [0.29, 0.717) is 0 Å². The molecule has 0 nitrogen and oxygen atoms in total. The normalized spacial score (nSPS) is 17.2. The summed E-state index contributed by atoms with van der Waals surface area (Å²) in [6, 6.07) is 24.2. The summed E-state index contributed by atoms with van der Waals surface area (Å²) in [5.41, 5.74) is 0. The van der Waals surface area contributed by atoms with Gasteiger partial charge in [-0.15, -0.1) is 94.1 Å². The predicted octanol–water partition coefficient (Wildman–Crippen LogP) is 19.0. The standard InChI is InChI=1S/C50H50S16/c1-9-51-43-44(52-10-2)60-39(59-43)35-27-21-17-18-22-28(27)36(40-61-45(53-11-3)46(62-40)54-12-4)32-26-34-33(25-31(32)35)37(41-63-47(55-13-5)48(64-41)56-14-6)29-23-19-20-24-30(29)38(34)42-65-49(57-15-7)50(66-42)58-16-8/h17-26H,9-16H2,1-8H3. The zero-order valence-corrected chi connectivity index (χ0v) is 51.0. The Kier molecular flexibility index (Phi) is 19.3. The van der Waals surface area contributed by atoms with Crippen LogP contribution in [0.1, 0.15) is 55.4 Å². The van der Waals surface area contributed by atoms with E-state index in [4.69, 9.17) is 0 Å². The van der Waals surface area contributed by atoms with Crippen LogP contribution in [0.3, 0.4) is 0 Å². The molecular formula is C50H50S16. The zero-order valence-electron chi connectivity index (χ0n) is 38.0. The van der Waals surface area contributed by atoms with E-state index in [0.717, 1.165) is 46.0 Å². The molecule has 5 aromatic rings. The van der Waals surface area contributed by atoms with E-state index >= 15 is 0 Å². The molecule has 0 aliphatic carbocycles. The second kappa shape index (κ2) is 24.5. The fourth-order valence-corrected chi connectivity index (χ4v) is 31.1. The highest BCUT2D eigenvalue weighted by Crippen LogP contribution is 2.61. The quantitative estimate of drug-likeness (QED) is 0.0860. The van der Waals surface area contributed by atoms with E-state index in [1.165, 1.54) is 115 Å². The smallest absolute Gasteiger partial charge is 0.0660 e. The fourth-order valence-electron chi connectivity index (χ4n) is 7.98. The molecule has 0 fully saturated rings. The minimum absolute atomic E-state index is 1.07. The first-order chi connectivity index (χ1) is 32.4. The van der Waals surface area contributed by atoms with Gasteiger partial charge in [0.25, 0.3) is 0 Å². The van der Waals surface area contributed by atoms with Crippen molar-refractivity contribution in [3.63, 3.8) is 0 Å². The number of fused-ring (bicyclic) bond motifs is 4. The lowest BCUT2D eigenvalue weighted by Crippen LogP contribution is -2.21. The first kappa shape index (κ1) is 52.1. The third-order valence-electron chi connectivity index (χ3n) is 10.3. The van der Waals surface area contributed by atoms with Crippen LogP contribution in [0.4, 0.5) is 0 Å². The van der Waals surface area contributed by atoms with Crippen LogP contribution in [0.25, 0.3) is 60.0 Å². The Morgan fingerprint density at radius 2 is 0.424 bits per heavy atom. The highest BCUT2D eigenvalue weighted by molar-refractivity contribution is 8.47. The number of hydrogen-bond donors (Lipinski definition) is 0. The van der Waals surface area contributed by atoms with Crippen LogP contribution in [0.15, 0.2) is 94.6 Å². The third kappa shape index (κ3) is 10.6. The Bertz CT molecular complexity index is 2650. The molecule has 4 aliphatic heterocycles. The topological polar surface area (TPSA) is 0 Å². The largest absolute Gasteiger partial charge is 0.118 e. The van der Waals surface area contributed by atoms with Gasteiger partial charge in [-0.2, -0.15) is 0 Å². The van der Waals surface area contributed by atoms with Crippen molar-refractivity contribution in [3.05, 3.63) is 115 Å². The molecule has 5 aromatic carbocycles. The Morgan fingerprint density at radius 1 is 0.258 bits per heavy atom. The molecule has 0 spiro atoms. The molecular weight excluding hydrogens is 1110 g/mol. The van der Waals surface area contributed by atoms with Gasteiger partial charge in [0, 0.05) is 20.9 Å². The van der Waals surface area contributed by atoms with Gasteiger partial charge in [-0.1, -0.05) is 198 Å². The van der Waals surface area contributed by atoms with Crippen LogP contribution in [0.2, 0.25) is 0 Å². The molecule has 0 radical (unpaired) electrons. The summed E-state index contributed by atoms with van der Waals surface area (Å²) in [7, 11) is 0. The van der Waals surface area contributed by atoms with Crippen molar-refractivity contribution in [1.82, 2.24) is 0 Å². The van der Waals surface area contributed by atoms with Gasteiger partial charge in [-0.05, 0) is 101 Å². The lowest BCUT2D eigenvalue weighted by molar-refractivity contribution is 1.53. The molecule has 9 rings (SSSR count). The number of rotatable bonds is 16. The van der Waals surface area contributed by atoms with Crippen molar-refractivity contribution in [3.8, 4) is 0 Å². The summed E-state index contributed by atoms with van der Waals surface area (Å²) >= 11 is 32.3. The van der Waals surface area contributed by atoms with E-state index in [1.807, 2.05) is 188 Å². The SMILES string of the molecule is CCSC1=C(SCC)SC(=c2c3ccccc3c(=C3SC(SCC)=C(SCC)S3)c3cc4c(=C5SC(SCC)=C(SCC)S5)c5ccccc5c(=C5SC(SCC)=C(SCC)S5)c4cc23)S1. The number of thioether (sulfide) groups is 16. The molecule has 0 aromatic heterocycles. The average molecular weight is 1160 g/mol. The van der Waals surface area contributed by atoms with Crippen LogP contribution >= 0.6 is 188 Å². The second-order valence-electron chi connectivity index (χ2n) is 14.3. The first-order valence-corrected chi connectivity index (χ1v) is 36.6. The van der Waals surface area contributed by atoms with E-state index in [2.05, 4.69) is 116 Å². The van der Waals surface area contributed by atoms with Crippen molar-refractivity contribution in [2.24, 2.45) is 0 Å². The van der Waals surface area contributed by atoms with Crippen molar-refractivity contribution >= 4 is 248 Å².